The smallest absolute Gasteiger partial charge is 0.0165 e. The third-order valence-corrected chi connectivity index (χ3v) is 5.23. The quantitative estimate of drug-likeness (QED) is 0.488. The molecule has 0 atom stereocenters. The van der Waals surface area contributed by atoms with E-state index in [-0.39, 0.29) is 5.41 Å². The van der Waals surface area contributed by atoms with Gasteiger partial charge in [-0.15, -0.1) is 0 Å². The first-order valence-electron chi connectivity index (χ1n) is 7.65. The van der Waals surface area contributed by atoms with Gasteiger partial charge in [-0.1, -0.05) is 62.4 Å². The second kappa shape index (κ2) is 3.98. The van der Waals surface area contributed by atoms with Gasteiger partial charge in [-0.3, -0.25) is 0 Å². The first kappa shape index (κ1) is 12.6. The van der Waals surface area contributed by atoms with E-state index in [9.17, 15) is 0 Å². The maximum absolute atomic E-state index is 2.36. The van der Waals surface area contributed by atoms with Crippen LogP contribution in [0.15, 0.2) is 48.5 Å². The molecule has 0 saturated heterocycles. The van der Waals surface area contributed by atoms with Crippen molar-refractivity contribution in [2.75, 3.05) is 0 Å². The Morgan fingerprint density at radius 2 is 1.57 bits per heavy atom. The molecule has 0 unspecified atom stereocenters. The molecule has 1 aliphatic carbocycles. The van der Waals surface area contributed by atoms with E-state index in [0.717, 1.165) is 0 Å². The maximum atomic E-state index is 2.36. The molecule has 0 bridgehead atoms. The molecule has 0 aliphatic heterocycles. The van der Waals surface area contributed by atoms with E-state index in [4.69, 9.17) is 0 Å². The molecule has 0 saturated carbocycles. The van der Waals surface area contributed by atoms with Gasteiger partial charge in [0.1, 0.15) is 0 Å². The molecule has 4 rings (SSSR count). The lowest BCUT2D eigenvalue weighted by Crippen LogP contribution is -2.15. The standard InChI is InChI=1S/C21H20/c1-13-9-12-18-19(14(13)2)17-11-10-15-7-5-6-8-16(15)20(17)21(18,3)4/h5-12H,1-4H3. The van der Waals surface area contributed by atoms with Gasteiger partial charge in [0.05, 0.1) is 0 Å². The molecule has 0 N–H and O–H groups in total. The topological polar surface area (TPSA) is 0 Å². The number of benzene rings is 3. The van der Waals surface area contributed by atoms with E-state index in [0.29, 0.717) is 0 Å². The van der Waals surface area contributed by atoms with E-state index < -0.39 is 0 Å². The highest BCUT2D eigenvalue weighted by Gasteiger charge is 2.37. The van der Waals surface area contributed by atoms with Crippen molar-refractivity contribution in [1.29, 1.82) is 0 Å². The number of fused-ring (bicyclic) bond motifs is 5. The highest BCUT2D eigenvalue weighted by atomic mass is 14.4. The second-order valence-corrected chi connectivity index (χ2v) is 6.76. The van der Waals surface area contributed by atoms with Gasteiger partial charge < -0.3 is 0 Å². The summed E-state index contributed by atoms with van der Waals surface area (Å²) in [5.74, 6) is 0. The highest BCUT2D eigenvalue weighted by Crippen LogP contribution is 2.52. The first-order valence-corrected chi connectivity index (χ1v) is 7.65. The molecule has 3 aromatic rings. The molecule has 0 aromatic heterocycles. The first-order chi connectivity index (χ1) is 10.0. The Morgan fingerprint density at radius 1 is 0.810 bits per heavy atom. The minimum absolute atomic E-state index is 0.0734. The lowest BCUT2D eigenvalue weighted by atomic mass is 9.80. The summed E-state index contributed by atoms with van der Waals surface area (Å²) in [6.07, 6.45) is 0. The van der Waals surface area contributed by atoms with Crippen LogP contribution >= 0.6 is 0 Å². The van der Waals surface area contributed by atoms with Crippen molar-refractivity contribution >= 4 is 10.8 Å². The predicted molar refractivity (Wildman–Crippen MR) is 91.0 cm³/mol. The van der Waals surface area contributed by atoms with E-state index in [2.05, 4.69) is 76.2 Å². The fourth-order valence-electron chi connectivity index (χ4n) is 3.97. The SMILES string of the molecule is Cc1ccc2c(c1C)-c1ccc3ccccc3c1C2(C)C. The van der Waals surface area contributed by atoms with Crippen LogP contribution in [-0.4, -0.2) is 0 Å². The number of aryl methyl sites for hydroxylation is 1. The average Bonchev–Trinajstić information content (AvgIpc) is 2.71. The zero-order valence-corrected chi connectivity index (χ0v) is 13.1. The van der Waals surface area contributed by atoms with Crippen molar-refractivity contribution in [3.8, 4) is 11.1 Å². The van der Waals surface area contributed by atoms with Crippen LogP contribution in [0.25, 0.3) is 21.9 Å². The number of hydrogen-bond acceptors (Lipinski definition) is 0. The van der Waals surface area contributed by atoms with Gasteiger partial charge in [-0.2, -0.15) is 0 Å². The van der Waals surface area contributed by atoms with Crippen LogP contribution in [0, 0.1) is 13.8 Å². The molecule has 21 heavy (non-hydrogen) atoms. The minimum atomic E-state index is 0.0734. The van der Waals surface area contributed by atoms with Gasteiger partial charge in [0, 0.05) is 5.41 Å². The van der Waals surface area contributed by atoms with Crippen molar-refractivity contribution in [3.63, 3.8) is 0 Å². The summed E-state index contributed by atoms with van der Waals surface area (Å²) >= 11 is 0. The van der Waals surface area contributed by atoms with E-state index in [1.807, 2.05) is 0 Å². The summed E-state index contributed by atoms with van der Waals surface area (Å²) in [5, 5.41) is 2.74. The van der Waals surface area contributed by atoms with Gasteiger partial charge in [0.25, 0.3) is 0 Å². The second-order valence-electron chi connectivity index (χ2n) is 6.76. The van der Waals surface area contributed by atoms with E-state index in [1.165, 1.54) is 44.2 Å². The van der Waals surface area contributed by atoms with Crippen molar-refractivity contribution < 1.29 is 0 Å². The molecule has 0 heteroatoms. The lowest BCUT2D eigenvalue weighted by Gasteiger charge is -2.23. The number of rotatable bonds is 0. The Morgan fingerprint density at radius 3 is 2.38 bits per heavy atom. The fourth-order valence-corrected chi connectivity index (χ4v) is 3.97. The summed E-state index contributed by atoms with van der Waals surface area (Å²) in [7, 11) is 0. The Balaban J connectivity index is 2.21. The Labute approximate surface area is 126 Å². The van der Waals surface area contributed by atoms with Crippen LogP contribution < -0.4 is 0 Å². The molecular weight excluding hydrogens is 252 g/mol. The fraction of sp³-hybridized carbons (Fsp3) is 0.238. The van der Waals surface area contributed by atoms with Gasteiger partial charge in [0.2, 0.25) is 0 Å². The van der Waals surface area contributed by atoms with Crippen LogP contribution in [-0.2, 0) is 5.41 Å². The molecule has 104 valence electrons. The summed E-state index contributed by atoms with van der Waals surface area (Å²) in [6, 6.07) is 17.9. The Bertz CT molecular complexity index is 882. The van der Waals surface area contributed by atoms with Gasteiger partial charge in [0.15, 0.2) is 0 Å². The van der Waals surface area contributed by atoms with Crippen molar-refractivity contribution in [2.24, 2.45) is 0 Å². The predicted octanol–water partition coefficient (Wildman–Crippen LogP) is 5.76. The molecule has 0 amide bonds. The molecule has 0 spiro atoms. The highest BCUT2D eigenvalue weighted by molar-refractivity contribution is 5.98. The summed E-state index contributed by atoms with van der Waals surface area (Å²) in [4.78, 5) is 0. The molecule has 3 aromatic carbocycles. The van der Waals surface area contributed by atoms with Crippen LogP contribution in [0.4, 0.5) is 0 Å². The largest absolute Gasteiger partial charge is 0.0616 e. The van der Waals surface area contributed by atoms with E-state index in [1.54, 1.807) is 0 Å². The molecular formula is C21H20. The van der Waals surface area contributed by atoms with Gasteiger partial charge >= 0.3 is 0 Å². The summed E-state index contributed by atoms with van der Waals surface area (Å²) in [5.41, 5.74) is 8.72. The molecule has 0 radical (unpaired) electrons. The van der Waals surface area contributed by atoms with Crippen LogP contribution in [0.3, 0.4) is 0 Å². The molecule has 0 nitrogen and oxygen atoms in total. The van der Waals surface area contributed by atoms with Crippen molar-refractivity contribution in [3.05, 3.63) is 70.8 Å². The summed E-state index contributed by atoms with van der Waals surface area (Å²) in [6.45, 7) is 9.19. The Hall–Kier alpha value is -2.08. The maximum Gasteiger partial charge on any atom is 0.0165 e. The zero-order chi connectivity index (χ0) is 14.8. The van der Waals surface area contributed by atoms with Crippen LogP contribution in [0.2, 0.25) is 0 Å². The monoisotopic (exact) mass is 272 g/mol. The average molecular weight is 272 g/mol. The third kappa shape index (κ3) is 1.51. The van der Waals surface area contributed by atoms with E-state index >= 15 is 0 Å². The summed E-state index contributed by atoms with van der Waals surface area (Å²) < 4.78 is 0. The van der Waals surface area contributed by atoms with Crippen molar-refractivity contribution in [2.45, 2.75) is 33.1 Å². The lowest BCUT2D eigenvalue weighted by molar-refractivity contribution is 0.666. The van der Waals surface area contributed by atoms with Crippen LogP contribution in [0.5, 0.6) is 0 Å². The Kier molecular flexibility index (Phi) is 2.39. The minimum Gasteiger partial charge on any atom is -0.0616 e. The van der Waals surface area contributed by atoms with Crippen LogP contribution in [0.1, 0.15) is 36.1 Å². The normalized spacial score (nSPS) is 15.0. The van der Waals surface area contributed by atoms with Crippen molar-refractivity contribution in [1.82, 2.24) is 0 Å². The number of hydrogen-bond donors (Lipinski definition) is 0. The zero-order valence-electron chi connectivity index (χ0n) is 13.1. The molecule has 0 fully saturated rings. The van der Waals surface area contributed by atoms with Gasteiger partial charge in [-0.05, 0) is 58.0 Å². The van der Waals surface area contributed by atoms with Gasteiger partial charge in [-0.25, -0.2) is 0 Å². The molecule has 0 heterocycles. The third-order valence-electron chi connectivity index (χ3n) is 5.23. The molecule has 1 aliphatic rings.